The molecule has 1 aliphatic rings. The van der Waals surface area contributed by atoms with E-state index >= 15 is 0 Å². The van der Waals surface area contributed by atoms with E-state index in [4.69, 9.17) is 0 Å². The van der Waals surface area contributed by atoms with E-state index in [0.717, 1.165) is 17.8 Å². The predicted octanol–water partition coefficient (Wildman–Crippen LogP) is 0.714. The van der Waals surface area contributed by atoms with Crippen LogP contribution in [0.3, 0.4) is 0 Å². The first kappa shape index (κ1) is 12.0. The van der Waals surface area contributed by atoms with E-state index in [0.29, 0.717) is 19.0 Å². The van der Waals surface area contributed by atoms with E-state index in [1.807, 2.05) is 6.92 Å². The lowest BCUT2D eigenvalue weighted by molar-refractivity contribution is -0.122. The van der Waals surface area contributed by atoms with Crippen LogP contribution in [0, 0.1) is 6.92 Å². The van der Waals surface area contributed by atoms with Crippen molar-refractivity contribution in [1.82, 2.24) is 20.6 Å². The molecule has 0 aliphatic carbocycles. The second kappa shape index (κ2) is 5.23. The lowest BCUT2D eigenvalue weighted by atomic mass is 10.0. The summed E-state index contributed by atoms with van der Waals surface area (Å²) in [4.78, 5) is 19.6. The van der Waals surface area contributed by atoms with Gasteiger partial charge in [0.1, 0.15) is 0 Å². The van der Waals surface area contributed by atoms with Gasteiger partial charge in [-0.15, -0.1) is 0 Å². The second-order valence-electron chi connectivity index (χ2n) is 4.46. The minimum Gasteiger partial charge on any atom is -0.355 e. The second-order valence-corrected chi connectivity index (χ2v) is 4.46. The van der Waals surface area contributed by atoms with Crippen LogP contribution in [-0.2, 0) is 4.79 Å². The first-order valence-electron chi connectivity index (χ1n) is 5.97. The lowest BCUT2D eigenvalue weighted by Gasteiger charge is -2.27. The van der Waals surface area contributed by atoms with Crippen molar-refractivity contribution in [3.05, 3.63) is 23.8 Å². The summed E-state index contributed by atoms with van der Waals surface area (Å²) in [7, 11) is 0. The average Bonchev–Trinajstić information content (AvgIpc) is 2.32. The highest BCUT2D eigenvalue weighted by molar-refractivity contribution is 5.76. The molecule has 0 aromatic carbocycles. The molecule has 5 heteroatoms. The van der Waals surface area contributed by atoms with Gasteiger partial charge >= 0.3 is 0 Å². The Labute approximate surface area is 101 Å². The summed E-state index contributed by atoms with van der Waals surface area (Å²) in [6.07, 6.45) is 4.90. The molecule has 2 N–H and O–H groups in total. The normalized spacial score (nSPS) is 22.0. The maximum Gasteiger partial charge on any atom is 0.220 e. The zero-order valence-electron chi connectivity index (χ0n) is 10.2. The van der Waals surface area contributed by atoms with Gasteiger partial charge in [0.2, 0.25) is 5.91 Å². The van der Waals surface area contributed by atoms with Crippen LogP contribution in [0.1, 0.15) is 37.2 Å². The van der Waals surface area contributed by atoms with Gasteiger partial charge in [0, 0.05) is 37.4 Å². The van der Waals surface area contributed by atoms with E-state index in [9.17, 15) is 4.79 Å². The van der Waals surface area contributed by atoms with Crippen molar-refractivity contribution in [1.29, 1.82) is 0 Å². The number of aryl methyl sites for hydroxylation is 1. The van der Waals surface area contributed by atoms with Crippen LogP contribution in [-0.4, -0.2) is 28.5 Å². The van der Waals surface area contributed by atoms with Gasteiger partial charge in [-0.05, 0) is 20.3 Å². The smallest absolute Gasteiger partial charge is 0.220 e. The molecule has 1 saturated heterocycles. The topological polar surface area (TPSA) is 66.9 Å². The molecule has 0 spiro atoms. The Balaban J connectivity index is 1.95. The Morgan fingerprint density at radius 2 is 2.24 bits per heavy atom. The summed E-state index contributed by atoms with van der Waals surface area (Å²) in [5.41, 5.74) is 1.93. The molecule has 1 aromatic heterocycles. The Hall–Kier alpha value is -1.49. The number of nitrogens with zero attached hydrogens (tertiary/aromatic N) is 2. The van der Waals surface area contributed by atoms with Gasteiger partial charge < -0.3 is 10.6 Å². The maximum atomic E-state index is 11.1. The molecule has 1 amide bonds. The number of aromatic nitrogens is 2. The van der Waals surface area contributed by atoms with Crippen molar-refractivity contribution in [2.24, 2.45) is 0 Å². The molecule has 1 fully saturated rings. The van der Waals surface area contributed by atoms with E-state index in [1.165, 1.54) is 0 Å². The Bertz CT molecular complexity index is 397. The van der Waals surface area contributed by atoms with E-state index in [2.05, 4.69) is 27.5 Å². The first-order chi connectivity index (χ1) is 8.16. The van der Waals surface area contributed by atoms with Gasteiger partial charge in [-0.3, -0.25) is 14.8 Å². The molecular formula is C12H18N4O. The SMILES string of the molecule is Cc1nccnc1C(C)NC1CCC(=O)NC1. The lowest BCUT2D eigenvalue weighted by Crippen LogP contribution is -2.46. The fourth-order valence-corrected chi connectivity index (χ4v) is 2.15. The summed E-state index contributed by atoms with van der Waals surface area (Å²) in [6.45, 7) is 4.74. The number of amides is 1. The third-order valence-electron chi connectivity index (χ3n) is 3.08. The van der Waals surface area contributed by atoms with Crippen molar-refractivity contribution in [2.45, 2.75) is 38.8 Å². The van der Waals surface area contributed by atoms with Crippen molar-refractivity contribution in [3.8, 4) is 0 Å². The van der Waals surface area contributed by atoms with E-state index < -0.39 is 0 Å². The summed E-state index contributed by atoms with van der Waals surface area (Å²) in [6, 6.07) is 0.479. The largest absolute Gasteiger partial charge is 0.355 e. The summed E-state index contributed by atoms with van der Waals surface area (Å²) < 4.78 is 0. The molecule has 92 valence electrons. The third kappa shape index (κ3) is 3.00. The number of hydrogen-bond acceptors (Lipinski definition) is 4. The molecule has 2 atom stereocenters. The number of piperidine rings is 1. The van der Waals surface area contributed by atoms with Crippen LogP contribution in [0.4, 0.5) is 0 Å². The zero-order valence-corrected chi connectivity index (χ0v) is 10.2. The van der Waals surface area contributed by atoms with Crippen molar-refractivity contribution in [2.75, 3.05) is 6.54 Å². The van der Waals surface area contributed by atoms with Crippen molar-refractivity contribution < 1.29 is 4.79 Å². The molecule has 5 nitrogen and oxygen atoms in total. The highest BCUT2D eigenvalue weighted by atomic mass is 16.1. The molecule has 0 saturated carbocycles. The van der Waals surface area contributed by atoms with Gasteiger partial charge in [0.15, 0.2) is 0 Å². The van der Waals surface area contributed by atoms with Crippen molar-refractivity contribution in [3.63, 3.8) is 0 Å². The maximum absolute atomic E-state index is 11.1. The molecule has 1 aliphatic heterocycles. The van der Waals surface area contributed by atoms with Crippen LogP contribution < -0.4 is 10.6 Å². The van der Waals surface area contributed by atoms with Gasteiger partial charge in [-0.25, -0.2) is 0 Å². The Morgan fingerprint density at radius 3 is 2.88 bits per heavy atom. The van der Waals surface area contributed by atoms with Gasteiger partial charge in [0.05, 0.1) is 11.4 Å². The number of carbonyl (C=O) groups excluding carboxylic acids is 1. The summed E-state index contributed by atoms with van der Waals surface area (Å²) in [5.74, 6) is 0.145. The van der Waals surface area contributed by atoms with Crippen LogP contribution in [0.25, 0.3) is 0 Å². The first-order valence-corrected chi connectivity index (χ1v) is 5.97. The number of rotatable bonds is 3. The van der Waals surface area contributed by atoms with Crippen LogP contribution in [0.15, 0.2) is 12.4 Å². The highest BCUT2D eigenvalue weighted by Gasteiger charge is 2.20. The van der Waals surface area contributed by atoms with E-state index in [-0.39, 0.29) is 11.9 Å². The molecule has 2 heterocycles. The molecular weight excluding hydrogens is 216 g/mol. The standard InChI is InChI=1S/C12H18N4O/c1-8-12(14-6-5-13-8)9(2)16-10-3-4-11(17)15-7-10/h5-6,9-10,16H,3-4,7H2,1-2H3,(H,15,17). The predicted molar refractivity (Wildman–Crippen MR) is 64.4 cm³/mol. The van der Waals surface area contributed by atoms with Gasteiger partial charge in [-0.2, -0.15) is 0 Å². The number of carbonyl (C=O) groups is 1. The Morgan fingerprint density at radius 1 is 1.47 bits per heavy atom. The highest BCUT2D eigenvalue weighted by Crippen LogP contribution is 2.14. The van der Waals surface area contributed by atoms with Gasteiger partial charge in [-0.1, -0.05) is 0 Å². The van der Waals surface area contributed by atoms with Crippen LogP contribution in [0.5, 0.6) is 0 Å². The fraction of sp³-hybridized carbons (Fsp3) is 0.583. The minimum atomic E-state index is 0.145. The quantitative estimate of drug-likeness (QED) is 0.808. The van der Waals surface area contributed by atoms with E-state index in [1.54, 1.807) is 12.4 Å². The third-order valence-corrected chi connectivity index (χ3v) is 3.08. The number of hydrogen-bond donors (Lipinski definition) is 2. The molecule has 0 bridgehead atoms. The molecule has 1 aromatic rings. The molecule has 0 radical (unpaired) electrons. The fourth-order valence-electron chi connectivity index (χ4n) is 2.15. The molecule has 17 heavy (non-hydrogen) atoms. The summed E-state index contributed by atoms with van der Waals surface area (Å²) in [5, 5.41) is 6.35. The zero-order chi connectivity index (χ0) is 12.3. The molecule has 2 rings (SSSR count). The Kier molecular flexibility index (Phi) is 3.68. The van der Waals surface area contributed by atoms with Crippen LogP contribution >= 0.6 is 0 Å². The van der Waals surface area contributed by atoms with Crippen LogP contribution in [0.2, 0.25) is 0 Å². The van der Waals surface area contributed by atoms with Gasteiger partial charge in [0.25, 0.3) is 0 Å². The number of nitrogens with one attached hydrogen (secondary N) is 2. The average molecular weight is 234 g/mol. The monoisotopic (exact) mass is 234 g/mol. The summed E-state index contributed by atoms with van der Waals surface area (Å²) >= 11 is 0. The molecule has 2 unspecified atom stereocenters. The minimum absolute atomic E-state index is 0.145. The van der Waals surface area contributed by atoms with Crippen molar-refractivity contribution >= 4 is 5.91 Å².